The minimum atomic E-state index is -0.370. The van der Waals surface area contributed by atoms with E-state index in [1.54, 1.807) is 12.1 Å². The van der Waals surface area contributed by atoms with Crippen molar-refractivity contribution in [1.82, 2.24) is 0 Å². The summed E-state index contributed by atoms with van der Waals surface area (Å²) in [5.41, 5.74) is 2.55. The number of amides is 1. The van der Waals surface area contributed by atoms with Crippen LogP contribution in [0.1, 0.15) is 16.1 Å². The molecule has 1 aromatic heterocycles. The molecule has 0 spiro atoms. The molecule has 0 radical (unpaired) electrons. The Morgan fingerprint density at radius 1 is 1.05 bits per heavy atom. The van der Waals surface area contributed by atoms with E-state index >= 15 is 0 Å². The van der Waals surface area contributed by atoms with E-state index < -0.39 is 0 Å². The van der Waals surface area contributed by atoms with Gasteiger partial charge in [0.2, 0.25) is 0 Å². The van der Waals surface area contributed by atoms with Crippen molar-refractivity contribution in [2.24, 2.45) is 0 Å². The van der Waals surface area contributed by atoms with Crippen molar-refractivity contribution in [2.45, 2.75) is 6.92 Å². The second-order valence-corrected chi connectivity index (χ2v) is 4.99. The molecular weight excluding hydrogens is 281 g/mol. The Bertz CT molecular complexity index is 806. The lowest BCUT2D eigenvalue weighted by Gasteiger charge is -2.03. The van der Waals surface area contributed by atoms with Crippen molar-refractivity contribution >= 4 is 11.6 Å². The van der Waals surface area contributed by atoms with Crippen molar-refractivity contribution in [3.63, 3.8) is 0 Å². The summed E-state index contributed by atoms with van der Waals surface area (Å²) in [6.45, 7) is 1.99. The standard InChI is InChI=1S/C18H14FNO2/c1-12-3-2-4-13(11-12)16-9-10-17(22-16)18(21)20-15-7-5-14(19)6-8-15/h2-11H,1H3,(H,20,21). The van der Waals surface area contributed by atoms with Gasteiger partial charge >= 0.3 is 0 Å². The van der Waals surface area contributed by atoms with E-state index in [0.717, 1.165) is 11.1 Å². The van der Waals surface area contributed by atoms with Gasteiger partial charge in [0.05, 0.1) is 0 Å². The number of benzene rings is 2. The van der Waals surface area contributed by atoms with Crippen LogP contribution in [0.25, 0.3) is 11.3 Å². The molecule has 3 nitrogen and oxygen atoms in total. The highest BCUT2D eigenvalue weighted by Crippen LogP contribution is 2.23. The Morgan fingerprint density at radius 3 is 2.55 bits per heavy atom. The van der Waals surface area contributed by atoms with Crippen LogP contribution in [0.4, 0.5) is 10.1 Å². The molecule has 0 aliphatic heterocycles. The van der Waals surface area contributed by atoms with Gasteiger partial charge in [0.15, 0.2) is 5.76 Å². The first kappa shape index (κ1) is 14.1. The van der Waals surface area contributed by atoms with Crippen LogP contribution >= 0.6 is 0 Å². The molecular formula is C18H14FNO2. The first-order chi connectivity index (χ1) is 10.6. The average Bonchev–Trinajstić information content (AvgIpc) is 3.00. The first-order valence-electron chi connectivity index (χ1n) is 6.85. The number of aryl methyl sites for hydroxylation is 1. The summed E-state index contributed by atoms with van der Waals surface area (Å²) < 4.78 is 18.4. The highest BCUT2D eigenvalue weighted by Gasteiger charge is 2.12. The molecule has 1 heterocycles. The average molecular weight is 295 g/mol. The fourth-order valence-corrected chi connectivity index (χ4v) is 2.14. The van der Waals surface area contributed by atoms with Crippen LogP contribution in [0.2, 0.25) is 0 Å². The van der Waals surface area contributed by atoms with E-state index in [1.807, 2.05) is 31.2 Å². The van der Waals surface area contributed by atoms with Crippen LogP contribution in [0, 0.1) is 12.7 Å². The zero-order valence-electron chi connectivity index (χ0n) is 12.0. The molecule has 110 valence electrons. The summed E-state index contributed by atoms with van der Waals surface area (Å²) in [6, 6.07) is 16.8. The number of halogens is 1. The van der Waals surface area contributed by atoms with Gasteiger partial charge in [-0.05, 0) is 49.4 Å². The molecule has 1 N–H and O–H groups in total. The molecule has 1 amide bonds. The number of hydrogen-bond donors (Lipinski definition) is 1. The van der Waals surface area contributed by atoms with Gasteiger partial charge in [0, 0.05) is 11.3 Å². The Balaban J connectivity index is 1.78. The Hall–Kier alpha value is -2.88. The number of nitrogens with one attached hydrogen (secondary N) is 1. The minimum Gasteiger partial charge on any atom is -0.451 e. The number of carbonyl (C=O) groups excluding carboxylic acids is 1. The maximum Gasteiger partial charge on any atom is 0.291 e. The van der Waals surface area contributed by atoms with Gasteiger partial charge in [-0.2, -0.15) is 0 Å². The van der Waals surface area contributed by atoms with Gasteiger partial charge in [0.1, 0.15) is 11.6 Å². The highest BCUT2D eigenvalue weighted by atomic mass is 19.1. The lowest BCUT2D eigenvalue weighted by atomic mass is 10.1. The predicted octanol–water partition coefficient (Wildman–Crippen LogP) is 4.65. The van der Waals surface area contributed by atoms with Crippen molar-refractivity contribution in [3.8, 4) is 11.3 Å². The van der Waals surface area contributed by atoms with Gasteiger partial charge in [-0.15, -0.1) is 0 Å². The number of carbonyl (C=O) groups is 1. The van der Waals surface area contributed by atoms with Crippen LogP contribution in [-0.4, -0.2) is 5.91 Å². The number of hydrogen-bond acceptors (Lipinski definition) is 2. The van der Waals surface area contributed by atoms with Gasteiger partial charge < -0.3 is 9.73 Å². The summed E-state index contributed by atoms with van der Waals surface area (Å²) >= 11 is 0. The lowest BCUT2D eigenvalue weighted by Crippen LogP contribution is -2.10. The summed E-state index contributed by atoms with van der Waals surface area (Å²) in [5, 5.41) is 2.66. The molecule has 22 heavy (non-hydrogen) atoms. The van der Waals surface area contributed by atoms with Crippen LogP contribution in [0.3, 0.4) is 0 Å². The second-order valence-electron chi connectivity index (χ2n) is 4.99. The Labute approximate surface area is 127 Å². The van der Waals surface area contributed by atoms with E-state index in [-0.39, 0.29) is 17.5 Å². The molecule has 0 atom stereocenters. The molecule has 0 saturated carbocycles. The van der Waals surface area contributed by atoms with Crippen LogP contribution < -0.4 is 5.32 Å². The number of anilines is 1. The largest absolute Gasteiger partial charge is 0.451 e. The highest BCUT2D eigenvalue weighted by molar-refractivity contribution is 6.02. The van der Waals surface area contributed by atoms with Crippen molar-refractivity contribution in [2.75, 3.05) is 5.32 Å². The zero-order valence-corrected chi connectivity index (χ0v) is 12.0. The van der Waals surface area contributed by atoms with Crippen LogP contribution in [-0.2, 0) is 0 Å². The topological polar surface area (TPSA) is 42.2 Å². The second kappa shape index (κ2) is 5.85. The molecule has 0 saturated heterocycles. The SMILES string of the molecule is Cc1cccc(-c2ccc(C(=O)Nc3ccc(F)cc3)o2)c1. The third-order valence-electron chi connectivity index (χ3n) is 3.23. The molecule has 2 aromatic carbocycles. The maximum absolute atomic E-state index is 12.8. The summed E-state index contributed by atoms with van der Waals surface area (Å²) in [4.78, 5) is 12.1. The van der Waals surface area contributed by atoms with E-state index in [1.165, 1.54) is 24.3 Å². The maximum atomic E-state index is 12.8. The number of furan rings is 1. The minimum absolute atomic E-state index is 0.209. The third kappa shape index (κ3) is 3.06. The number of rotatable bonds is 3. The molecule has 3 rings (SSSR count). The fraction of sp³-hybridized carbons (Fsp3) is 0.0556. The molecule has 0 unspecified atom stereocenters. The monoisotopic (exact) mass is 295 g/mol. The smallest absolute Gasteiger partial charge is 0.291 e. The van der Waals surface area contributed by atoms with Gasteiger partial charge in [-0.25, -0.2) is 4.39 Å². The molecule has 0 aliphatic rings. The Kier molecular flexibility index (Phi) is 3.74. The van der Waals surface area contributed by atoms with Crippen LogP contribution in [0.15, 0.2) is 65.1 Å². The van der Waals surface area contributed by atoms with Crippen molar-refractivity contribution in [1.29, 1.82) is 0 Å². The van der Waals surface area contributed by atoms with E-state index in [9.17, 15) is 9.18 Å². The fourth-order valence-electron chi connectivity index (χ4n) is 2.14. The molecule has 0 fully saturated rings. The zero-order chi connectivity index (χ0) is 15.5. The summed E-state index contributed by atoms with van der Waals surface area (Å²) in [6.07, 6.45) is 0. The third-order valence-corrected chi connectivity index (χ3v) is 3.23. The van der Waals surface area contributed by atoms with Gasteiger partial charge in [-0.1, -0.05) is 23.8 Å². The Morgan fingerprint density at radius 2 is 1.82 bits per heavy atom. The van der Waals surface area contributed by atoms with Crippen molar-refractivity contribution in [3.05, 3.63) is 77.8 Å². The molecule has 3 aromatic rings. The molecule has 4 heteroatoms. The van der Waals surface area contributed by atoms with E-state index in [4.69, 9.17) is 4.42 Å². The predicted molar refractivity (Wildman–Crippen MR) is 83.2 cm³/mol. The van der Waals surface area contributed by atoms with Gasteiger partial charge in [0.25, 0.3) is 5.91 Å². The lowest BCUT2D eigenvalue weighted by molar-refractivity contribution is 0.0997. The van der Waals surface area contributed by atoms with E-state index in [0.29, 0.717) is 11.4 Å². The quantitative estimate of drug-likeness (QED) is 0.764. The molecule has 0 bridgehead atoms. The molecule has 0 aliphatic carbocycles. The summed E-state index contributed by atoms with van der Waals surface area (Å²) in [7, 11) is 0. The van der Waals surface area contributed by atoms with Crippen LogP contribution in [0.5, 0.6) is 0 Å². The van der Waals surface area contributed by atoms with Gasteiger partial charge in [-0.3, -0.25) is 4.79 Å². The van der Waals surface area contributed by atoms with Crippen molar-refractivity contribution < 1.29 is 13.6 Å². The first-order valence-corrected chi connectivity index (χ1v) is 6.85. The van der Waals surface area contributed by atoms with E-state index in [2.05, 4.69) is 5.32 Å². The normalized spacial score (nSPS) is 10.5. The summed E-state index contributed by atoms with van der Waals surface area (Å²) in [5.74, 6) is 0.122.